The van der Waals surface area contributed by atoms with Crippen LogP contribution in [0, 0.1) is 0 Å². The molecule has 0 aliphatic carbocycles. The van der Waals surface area contributed by atoms with Gasteiger partial charge in [-0.25, -0.2) is 9.97 Å². The summed E-state index contributed by atoms with van der Waals surface area (Å²) >= 11 is 1.63. The van der Waals surface area contributed by atoms with Gasteiger partial charge in [0.05, 0.1) is 12.2 Å². The standard InChI is InChI=1S/C22H34N6OS/c1-17(29-4)21-26-19(16-30-21)15-27(3)22(23-2)25-14-18-9-10-20(24-13-18)28-11-7-5-6-8-12-28/h9-10,13,16-17H,5-8,11-12,14-15H2,1-4H3,(H,23,25). The first-order chi connectivity index (χ1) is 14.6. The smallest absolute Gasteiger partial charge is 0.194 e. The van der Waals surface area contributed by atoms with E-state index in [1.165, 1.54) is 25.7 Å². The molecule has 2 aromatic heterocycles. The molecule has 1 N–H and O–H groups in total. The average Bonchev–Trinajstić information content (AvgIpc) is 3.06. The highest BCUT2D eigenvalue weighted by molar-refractivity contribution is 7.09. The lowest BCUT2D eigenvalue weighted by Crippen LogP contribution is -2.38. The summed E-state index contributed by atoms with van der Waals surface area (Å²) in [4.78, 5) is 18.3. The zero-order valence-corrected chi connectivity index (χ0v) is 19.4. The monoisotopic (exact) mass is 430 g/mol. The molecule has 164 valence electrons. The van der Waals surface area contributed by atoms with Gasteiger partial charge in [0.15, 0.2) is 5.96 Å². The van der Waals surface area contributed by atoms with Gasteiger partial charge in [0, 0.05) is 52.4 Å². The number of guanidine groups is 1. The molecule has 0 aromatic carbocycles. The van der Waals surface area contributed by atoms with Crippen LogP contribution >= 0.6 is 11.3 Å². The van der Waals surface area contributed by atoms with Gasteiger partial charge < -0.3 is 19.9 Å². The van der Waals surface area contributed by atoms with Gasteiger partial charge in [-0.3, -0.25) is 4.99 Å². The Balaban J connectivity index is 1.52. The predicted octanol–water partition coefficient (Wildman–Crippen LogP) is 3.83. The van der Waals surface area contributed by atoms with Crippen LogP contribution in [0.4, 0.5) is 5.82 Å². The number of methoxy groups -OCH3 is 1. The van der Waals surface area contributed by atoms with Crippen molar-refractivity contribution in [3.63, 3.8) is 0 Å². The van der Waals surface area contributed by atoms with Gasteiger partial charge in [0.1, 0.15) is 16.9 Å². The van der Waals surface area contributed by atoms with E-state index in [1.807, 2.05) is 20.2 Å². The fourth-order valence-electron chi connectivity index (χ4n) is 3.57. The molecule has 7 nitrogen and oxygen atoms in total. The van der Waals surface area contributed by atoms with Crippen molar-refractivity contribution >= 4 is 23.1 Å². The molecule has 3 heterocycles. The van der Waals surface area contributed by atoms with Crippen molar-refractivity contribution in [3.05, 3.63) is 40.0 Å². The second kappa shape index (κ2) is 11.3. The van der Waals surface area contributed by atoms with E-state index < -0.39 is 0 Å². The summed E-state index contributed by atoms with van der Waals surface area (Å²) < 4.78 is 5.35. The van der Waals surface area contributed by atoms with Crippen molar-refractivity contribution in [2.75, 3.05) is 39.2 Å². The Kier molecular flexibility index (Phi) is 8.45. The number of anilines is 1. The van der Waals surface area contributed by atoms with E-state index in [9.17, 15) is 0 Å². The molecule has 1 aliphatic heterocycles. The number of rotatable bonds is 7. The minimum atomic E-state index is 0.0243. The maximum atomic E-state index is 5.35. The van der Waals surface area contributed by atoms with Gasteiger partial charge in [-0.2, -0.15) is 0 Å². The molecule has 1 fully saturated rings. The molecule has 3 rings (SSSR count). The third kappa shape index (κ3) is 6.15. The first-order valence-corrected chi connectivity index (χ1v) is 11.6. The molecule has 1 atom stereocenters. The SMILES string of the molecule is CN=C(NCc1ccc(N2CCCCCC2)nc1)N(C)Cc1csc(C(C)OC)n1. The zero-order valence-electron chi connectivity index (χ0n) is 18.6. The minimum Gasteiger partial charge on any atom is -0.375 e. The van der Waals surface area contributed by atoms with Gasteiger partial charge in [-0.1, -0.05) is 18.9 Å². The summed E-state index contributed by atoms with van der Waals surface area (Å²) in [6.07, 6.45) is 7.18. The minimum absolute atomic E-state index is 0.0243. The Morgan fingerprint density at radius 2 is 2.07 bits per heavy atom. The van der Waals surface area contributed by atoms with Gasteiger partial charge in [-0.05, 0) is 31.4 Å². The highest BCUT2D eigenvalue weighted by Gasteiger charge is 2.13. The summed E-state index contributed by atoms with van der Waals surface area (Å²) in [6.45, 7) is 5.62. The van der Waals surface area contributed by atoms with E-state index in [0.717, 1.165) is 41.1 Å². The first kappa shape index (κ1) is 22.5. The number of pyridine rings is 1. The van der Waals surface area contributed by atoms with Gasteiger partial charge in [0.25, 0.3) is 0 Å². The maximum Gasteiger partial charge on any atom is 0.194 e. The van der Waals surface area contributed by atoms with Crippen LogP contribution in [-0.2, 0) is 17.8 Å². The Labute approximate surface area is 184 Å². The topological polar surface area (TPSA) is 65.9 Å². The fraction of sp³-hybridized carbons (Fsp3) is 0.591. The lowest BCUT2D eigenvalue weighted by molar-refractivity contribution is 0.119. The highest BCUT2D eigenvalue weighted by Crippen LogP contribution is 2.21. The van der Waals surface area contributed by atoms with Crippen LogP contribution in [0.3, 0.4) is 0 Å². The van der Waals surface area contributed by atoms with E-state index >= 15 is 0 Å². The lowest BCUT2D eigenvalue weighted by atomic mass is 10.2. The second-order valence-corrected chi connectivity index (χ2v) is 8.63. The molecule has 8 heteroatoms. The van der Waals surface area contributed by atoms with E-state index in [2.05, 4.69) is 42.6 Å². The number of aromatic nitrogens is 2. The van der Waals surface area contributed by atoms with Crippen LogP contribution < -0.4 is 10.2 Å². The van der Waals surface area contributed by atoms with Crippen molar-refractivity contribution in [1.82, 2.24) is 20.2 Å². The summed E-state index contributed by atoms with van der Waals surface area (Å²) in [5.74, 6) is 1.92. The van der Waals surface area contributed by atoms with Crippen molar-refractivity contribution < 1.29 is 4.74 Å². The number of nitrogens with zero attached hydrogens (tertiary/aromatic N) is 5. The van der Waals surface area contributed by atoms with E-state index in [4.69, 9.17) is 9.72 Å². The third-order valence-electron chi connectivity index (χ3n) is 5.43. The Hall–Kier alpha value is -2.19. The molecular formula is C22H34N6OS. The summed E-state index contributed by atoms with van der Waals surface area (Å²) in [7, 11) is 5.53. The van der Waals surface area contributed by atoms with Gasteiger partial charge in [0.2, 0.25) is 0 Å². The Morgan fingerprint density at radius 3 is 2.70 bits per heavy atom. The molecule has 30 heavy (non-hydrogen) atoms. The number of thiazole rings is 1. The van der Waals surface area contributed by atoms with E-state index in [-0.39, 0.29) is 6.10 Å². The van der Waals surface area contributed by atoms with Crippen molar-refractivity contribution in [2.24, 2.45) is 4.99 Å². The molecule has 0 saturated carbocycles. The number of hydrogen-bond donors (Lipinski definition) is 1. The predicted molar refractivity (Wildman–Crippen MR) is 124 cm³/mol. The fourth-order valence-corrected chi connectivity index (χ4v) is 4.42. The number of nitrogens with one attached hydrogen (secondary N) is 1. The second-order valence-electron chi connectivity index (χ2n) is 7.74. The normalized spacial score (nSPS) is 16.3. The van der Waals surface area contributed by atoms with Gasteiger partial charge in [-0.15, -0.1) is 11.3 Å². The van der Waals surface area contributed by atoms with E-state index in [0.29, 0.717) is 13.1 Å². The summed E-state index contributed by atoms with van der Waals surface area (Å²) in [5, 5.41) is 6.51. The average molecular weight is 431 g/mol. The Morgan fingerprint density at radius 1 is 1.30 bits per heavy atom. The Bertz CT molecular complexity index is 798. The number of hydrogen-bond acceptors (Lipinski definition) is 6. The molecule has 1 saturated heterocycles. The molecule has 1 unspecified atom stereocenters. The largest absolute Gasteiger partial charge is 0.375 e. The molecule has 1 aliphatic rings. The first-order valence-electron chi connectivity index (χ1n) is 10.7. The van der Waals surface area contributed by atoms with Crippen molar-refractivity contribution in [2.45, 2.75) is 51.8 Å². The molecule has 0 spiro atoms. The zero-order chi connectivity index (χ0) is 21.3. The maximum absolute atomic E-state index is 5.35. The van der Waals surface area contributed by atoms with Crippen LogP contribution in [0.5, 0.6) is 0 Å². The third-order valence-corrected chi connectivity index (χ3v) is 6.49. The van der Waals surface area contributed by atoms with E-state index in [1.54, 1.807) is 25.5 Å². The van der Waals surface area contributed by atoms with Crippen LogP contribution in [0.1, 0.15) is 55.0 Å². The molecular weight excluding hydrogens is 396 g/mol. The lowest BCUT2D eigenvalue weighted by Gasteiger charge is -2.22. The molecule has 2 aromatic rings. The molecule has 0 bridgehead atoms. The number of ether oxygens (including phenoxy) is 1. The van der Waals surface area contributed by atoms with Gasteiger partial charge >= 0.3 is 0 Å². The van der Waals surface area contributed by atoms with Crippen LogP contribution in [0.15, 0.2) is 28.7 Å². The van der Waals surface area contributed by atoms with Crippen LogP contribution in [0.25, 0.3) is 0 Å². The van der Waals surface area contributed by atoms with Crippen molar-refractivity contribution in [3.8, 4) is 0 Å². The highest BCUT2D eigenvalue weighted by atomic mass is 32.1. The molecule has 0 radical (unpaired) electrons. The van der Waals surface area contributed by atoms with Crippen molar-refractivity contribution in [1.29, 1.82) is 0 Å². The molecule has 0 amide bonds. The van der Waals surface area contributed by atoms with Crippen LogP contribution in [0.2, 0.25) is 0 Å². The quantitative estimate of drug-likeness (QED) is 0.532. The number of aliphatic imine (C=N–C) groups is 1. The van der Waals surface area contributed by atoms with Crippen LogP contribution in [-0.4, -0.2) is 55.1 Å². The summed E-state index contributed by atoms with van der Waals surface area (Å²) in [5.41, 5.74) is 2.17. The summed E-state index contributed by atoms with van der Waals surface area (Å²) in [6, 6.07) is 4.30.